The van der Waals surface area contributed by atoms with Gasteiger partial charge in [0.05, 0.1) is 5.56 Å². The molecular weight excluding hydrogens is 285 g/mol. The molecule has 2 rings (SSSR count). The molecule has 1 aromatic heterocycles. The Morgan fingerprint density at radius 2 is 2.11 bits per heavy atom. The zero-order chi connectivity index (χ0) is 14.2. The summed E-state index contributed by atoms with van der Waals surface area (Å²) >= 11 is 5.65. The topological polar surface area (TPSA) is 53.4 Å². The van der Waals surface area contributed by atoms with Crippen LogP contribution in [0.1, 0.15) is 23.2 Å². The first kappa shape index (κ1) is 13.9. The van der Waals surface area contributed by atoms with Crippen molar-refractivity contribution in [3.63, 3.8) is 0 Å². The SMILES string of the molecule is O=C(O)c1cc(Cl)nc(N(CC(F)(F)F)C2CC2)c1. The largest absolute Gasteiger partial charge is 0.478 e. The number of carbonyl (C=O) groups is 1. The van der Waals surface area contributed by atoms with Gasteiger partial charge in [0.2, 0.25) is 0 Å². The molecule has 1 heterocycles. The van der Waals surface area contributed by atoms with Crippen LogP contribution in [0.5, 0.6) is 0 Å². The lowest BCUT2D eigenvalue weighted by molar-refractivity contribution is -0.120. The van der Waals surface area contributed by atoms with Crippen molar-refractivity contribution in [1.82, 2.24) is 4.98 Å². The van der Waals surface area contributed by atoms with Crippen molar-refractivity contribution < 1.29 is 23.1 Å². The Hall–Kier alpha value is -1.50. The van der Waals surface area contributed by atoms with Gasteiger partial charge in [-0.3, -0.25) is 0 Å². The van der Waals surface area contributed by atoms with E-state index >= 15 is 0 Å². The molecule has 1 aliphatic carbocycles. The lowest BCUT2D eigenvalue weighted by atomic mass is 10.2. The summed E-state index contributed by atoms with van der Waals surface area (Å²) in [6.07, 6.45) is -3.12. The third-order valence-corrected chi connectivity index (χ3v) is 2.85. The zero-order valence-electron chi connectivity index (χ0n) is 9.62. The van der Waals surface area contributed by atoms with Gasteiger partial charge in [-0.15, -0.1) is 0 Å². The van der Waals surface area contributed by atoms with Crippen LogP contribution >= 0.6 is 11.6 Å². The van der Waals surface area contributed by atoms with Gasteiger partial charge in [-0.05, 0) is 25.0 Å². The molecule has 0 amide bonds. The first-order valence-electron chi connectivity index (χ1n) is 5.50. The highest BCUT2D eigenvalue weighted by molar-refractivity contribution is 6.29. The molecule has 8 heteroatoms. The minimum absolute atomic E-state index is 0.0512. The average molecular weight is 295 g/mol. The molecule has 0 aliphatic heterocycles. The second-order valence-electron chi connectivity index (χ2n) is 4.32. The number of halogens is 4. The van der Waals surface area contributed by atoms with E-state index in [0.717, 1.165) is 17.0 Å². The van der Waals surface area contributed by atoms with E-state index in [1.54, 1.807) is 0 Å². The number of pyridine rings is 1. The molecule has 0 unspecified atom stereocenters. The Kier molecular flexibility index (Phi) is 3.58. The summed E-state index contributed by atoms with van der Waals surface area (Å²) < 4.78 is 37.6. The van der Waals surface area contributed by atoms with Crippen LogP contribution in [0, 0.1) is 0 Å². The van der Waals surface area contributed by atoms with E-state index in [4.69, 9.17) is 16.7 Å². The summed E-state index contributed by atoms with van der Waals surface area (Å²) in [5.41, 5.74) is -0.178. The normalized spacial score (nSPS) is 15.4. The van der Waals surface area contributed by atoms with Gasteiger partial charge in [0.15, 0.2) is 0 Å². The molecule has 1 aliphatic rings. The van der Waals surface area contributed by atoms with Crippen molar-refractivity contribution in [3.8, 4) is 0 Å². The molecule has 0 aromatic carbocycles. The van der Waals surface area contributed by atoms with Crippen molar-refractivity contribution in [2.75, 3.05) is 11.4 Å². The summed E-state index contributed by atoms with van der Waals surface area (Å²) in [6, 6.07) is 1.96. The van der Waals surface area contributed by atoms with Crippen molar-refractivity contribution in [3.05, 3.63) is 22.8 Å². The quantitative estimate of drug-likeness (QED) is 0.868. The second-order valence-corrected chi connectivity index (χ2v) is 4.70. The first-order valence-corrected chi connectivity index (χ1v) is 5.88. The Balaban J connectivity index is 2.33. The van der Waals surface area contributed by atoms with Crippen molar-refractivity contribution >= 4 is 23.4 Å². The van der Waals surface area contributed by atoms with Gasteiger partial charge in [0.1, 0.15) is 17.5 Å². The van der Waals surface area contributed by atoms with E-state index in [-0.39, 0.29) is 22.6 Å². The number of nitrogens with zero attached hydrogens (tertiary/aromatic N) is 2. The van der Waals surface area contributed by atoms with Crippen LogP contribution in [-0.4, -0.2) is 34.8 Å². The minimum atomic E-state index is -4.38. The van der Waals surface area contributed by atoms with Crippen LogP contribution in [0.4, 0.5) is 19.0 Å². The molecule has 0 spiro atoms. The van der Waals surface area contributed by atoms with Crippen LogP contribution < -0.4 is 4.90 Å². The van der Waals surface area contributed by atoms with Crippen molar-refractivity contribution in [2.24, 2.45) is 0 Å². The van der Waals surface area contributed by atoms with Crippen LogP contribution in [0.15, 0.2) is 12.1 Å². The van der Waals surface area contributed by atoms with E-state index in [9.17, 15) is 18.0 Å². The van der Waals surface area contributed by atoms with Crippen LogP contribution in [-0.2, 0) is 0 Å². The Morgan fingerprint density at radius 1 is 1.47 bits per heavy atom. The number of rotatable bonds is 4. The fraction of sp³-hybridized carbons (Fsp3) is 0.455. The molecule has 1 N–H and O–H groups in total. The number of anilines is 1. The van der Waals surface area contributed by atoms with Gasteiger partial charge < -0.3 is 10.0 Å². The molecule has 1 aromatic rings. The van der Waals surface area contributed by atoms with E-state index in [2.05, 4.69) is 4.98 Å². The molecular formula is C11H10ClF3N2O2. The van der Waals surface area contributed by atoms with Crippen LogP contribution in [0.2, 0.25) is 5.15 Å². The molecule has 0 atom stereocenters. The Morgan fingerprint density at radius 3 is 2.58 bits per heavy atom. The highest BCUT2D eigenvalue weighted by Gasteiger charge is 2.39. The highest BCUT2D eigenvalue weighted by Crippen LogP contribution is 2.34. The zero-order valence-corrected chi connectivity index (χ0v) is 10.4. The minimum Gasteiger partial charge on any atom is -0.478 e. The van der Waals surface area contributed by atoms with Crippen molar-refractivity contribution in [1.29, 1.82) is 0 Å². The molecule has 1 saturated carbocycles. The highest BCUT2D eigenvalue weighted by atomic mass is 35.5. The smallest absolute Gasteiger partial charge is 0.405 e. The molecule has 4 nitrogen and oxygen atoms in total. The molecule has 1 fully saturated rings. The van der Waals surface area contributed by atoms with Gasteiger partial charge in [0, 0.05) is 6.04 Å². The van der Waals surface area contributed by atoms with Gasteiger partial charge >= 0.3 is 12.1 Å². The summed E-state index contributed by atoms with van der Waals surface area (Å²) in [5.74, 6) is -1.31. The summed E-state index contributed by atoms with van der Waals surface area (Å²) in [4.78, 5) is 15.7. The monoisotopic (exact) mass is 294 g/mol. The number of hydrogen-bond acceptors (Lipinski definition) is 3. The van der Waals surface area contributed by atoms with E-state index in [1.807, 2.05) is 0 Å². The second kappa shape index (κ2) is 4.88. The number of aromatic carboxylic acids is 1. The number of aromatic nitrogens is 1. The van der Waals surface area contributed by atoms with Crippen LogP contribution in [0.25, 0.3) is 0 Å². The van der Waals surface area contributed by atoms with Gasteiger partial charge in [-0.25, -0.2) is 9.78 Å². The van der Waals surface area contributed by atoms with Gasteiger partial charge in [-0.2, -0.15) is 13.2 Å². The fourth-order valence-electron chi connectivity index (χ4n) is 1.73. The number of carboxylic acids is 1. The van der Waals surface area contributed by atoms with E-state index < -0.39 is 18.7 Å². The summed E-state index contributed by atoms with van der Waals surface area (Å²) in [5, 5.41) is 8.74. The molecule has 0 radical (unpaired) electrons. The predicted octanol–water partition coefficient (Wildman–Crippen LogP) is 2.96. The number of alkyl halides is 3. The van der Waals surface area contributed by atoms with Crippen molar-refractivity contribution in [2.45, 2.75) is 25.1 Å². The molecule has 19 heavy (non-hydrogen) atoms. The lowest BCUT2D eigenvalue weighted by Gasteiger charge is -2.25. The molecule has 0 saturated heterocycles. The summed E-state index contributed by atoms with van der Waals surface area (Å²) in [6.45, 7) is -1.16. The van der Waals surface area contributed by atoms with Gasteiger partial charge in [-0.1, -0.05) is 11.6 Å². The van der Waals surface area contributed by atoms with E-state index in [1.165, 1.54) is 0 Å². The Bertz CT molecular complexity index is 503. The van der Waals surface area contributed by atoms with Crippen LogP contribution in [0.3, 0.4) is 0 Å². The predicted molar refractivity (Wildman–Crippen MR) is 62.6 cm³/mol. The number of hydrogen-bond donors (Lipinski definition) is 1. The fourth-order valence-corrected chi connectivity index (χ4v) is 1.93. The van der Waals surface area contributed by atoms with E-state index in [0.29, 0.717) is 12.8 Å². The number of carboxylic acid groups (broad SMARTS) is 1. The maximum absolute atomic E-state index is 12.5. The lowest BCUT2D eigenvalue weighted by Crippen LogP contribution is -2.36. The van der Waals surface area contributed by atoms with Gasteiger partial charge in [0.25, 0.3) is 0 Å². The third-order valence-electron chi connectivity index (χ3n) is 2.66. The Labute approximate surface area is 111 Å². The first-order chi connectivity index (χ1) is 8.76. The molecule has 104 valence electrons. The maximum atomic E-state index is 12.5. The summed E-state index contributed by atoms with van der Waals surface area (Å²) in [7, 11) is 0. The average Bonchev–Trinajstić information content (AvgIpc) is 3.07. The standard InChI is InChI=1S/C11H10ClF3N2O2/c12-8-3-6(10(18)19)4-9(16-8)17(7-1-2-7)5-11(13,14)15/h3-4,7H,1-2,5H2,(H,18,19). The maximum Gasteiger partial charge on any atom is 0.405 e. The third kappa shape index (κ3) is 3.73. The molecule has 0 bridgehead atoms.